The maximum atomic E-state index is 8.89. The van der Waals surface area contributed by atoms with Gasteiger partial charge in [0.05, 0.1) is 0 Å². The number of halogens is 1. The molecule has 2 nitrogen and oxygen atoms in total. The third kappa shape index (κ3) is 1.62. The summed E-state index contributed by atoms with van der Waals surface area (Å²) in [7, 11) is 0. The Labute approximate surface area is 63.7 Å². The molecule has 0 aliphatic heterocycles. The van der Waals surface area contributed by atoms with Gasteiger partial charge >= 0.3 is 0 Å². The molecule has 0 bridgehead atoms. The number of benzene rings is 1. The van der Waals surface area contributed by atoms with Crippen LogP contribution in [-0.2, 0) is 0 Å². The lowest BCUT2D eigenvalue weighted by Crippen LogP contribution is -1.85. The van der Waals surface area contributed by atoms with Crippen molar-refractivity contribution in [1.82, 2.24) is 0 Å². The van der Waals surface area contributed by atoms with Crippen LogP contribution in [0.3, 0.4) is 0 Å². The summed E-state index contributed by atoms with van der Waals surface area (Å²) in [5.74, 6) is 0.109. The largest absolute Gasteiger partial charge is 0.508 e. The topological polar surface area (TPSA) is 40.5 Å². The van der Waals surface area contributed by atoms with E-state index >= 15 is 0 Å². The van der Waals surface area contributed by atoms with Crippen LogP contribution in [-0.4, -0.2) is 10.2 Å². The monoisotopic (exact) mass is 158 g/mol. The Morgan fingerprint density at radius 3 is 2.50 bits per heavy atom. The molecule has 0 aromatic heterocycles. The number of hydrogen-bond acceptors (Lipinski definition) is 2. The molecule has 1 aromatic rings. The predicted octanol–water partition coefficient (Wildman–Crippen LogP) is 1.62. The van der Waals surface area contributed by atoms with Gasteiger partial charge in [-0.2, -0.15) is 0 Å². The first-order valence-corrected chi connectivity index (χ1v) is 3.25. The summed E-state index contributed by atoms with van der Waals surface area (Å²) < 4.78 is 0. The number of rotatable bonds is 1. The molecule has 0 heterocycles. The molecule has 0 aliphatic carbocycles. The molecule has 0 spiro atoms. The zero-order chi connectivity index (χ0) is 7.56. The van der Waals surface area contributed by atoms with E-state index in [2.05, 4.69) is 0 Å². The van der Waals surface area contributed by atoms with Gasteiger partial charge in [0.1, 0.15) is 5.75 Å². The van der Waals surface area contributed by atoms with Gasteiger partial charge in [0.15, 0.2) is 5.56 Å². The maximum Gasteiger partial charge on any atom is 0.153 e. The van der Waals surface area contributed by atoms with Crippen molar-refractivity contribution in [3.63, 3.8) is 0 Å². The van der Waals surface area contributed by atoms with Gasteiger partial charge in [-0.3, -0.25) is 0 Å². The second kappa shape index (κ2) is 2.90. The second-order valence-corrected chi connectivity index (χ2v) is 2.34. The average molecular weight is 159 g/mol. The average Bonchev–Trinajstić information content (AvgIpc) is 1.88. The molecule has 1 atom stereocenters. The summed E-state index contributed by atoms with van der Waals surface area (Å²) in [4.78, 5) is 0. The highest BCUT2D eigenvalue weighted by molar-refractivity contribution is 6.19. The summed E-state index contributed by atoms with van der Waals surface area (Å²) in [5.41, 5.74) is -0.534. The van der Waals surface area contributed by atoms with Gasteiger partial charge in [-0.1, -0.05) is 23.7 Å². The highest BCUT2D eigenvalue weighted by Crippen LogP contribution is 2.20. The fourth-order valence-corrected chi connectivity index (χ4v) is 0.809. The molecule has 0 aliphatic rings. The van der Waals surface area contributed by atoms with E-state index in [9.17, 15) is 0 Å². The number of aromatic hydroxyl groups is 1. The van der Waals surface area contributed by atoms with E-state index in [4.69, 9.17) is 21.8 Å². The first-order valence-electron chi connectivity index (χ1n) is 2.81. The summed E-state index contributed by atoms with van der Waals surface area (Å²) in [6.45, 7) is 0. The van der Waals surface area contributed by atoms with Crippen LogP contribution >= 0.6 is 11.6 Å². The molecule has 0 saturated carbocycles. The van der Waals surface area contributed by atoms with E-state index in [0.717, 1.165) is 0 Å². The molecule has 3 heteroatoms. The molecule has 0 radical (unpaired) electrons. The summed E-state index contributed by atoms with van der Waals surface area (Å²) in [6, 6.07) is 6.19. The maximum absolute atomic E-state index is 8.89. The van der Waals surface area contributed by atoms with Crippen LogP contribution in [0.5, 0.6) is 5.75 Å². The van der Waals surface area contributed by atoms with E-state index in [1.54, 1.807) is 12.1 Å². The van der Waals surface area contributed by atoms with Crippen molar-refractivity contribution >= 4 is 11.6 Å². The Kier molecular flexibility index (Phi) is 2.14. The fraction of sp³-hybridized carbons (Fsp3) is 0.143. The third-order valence-corrected chi connectivity index (χ3v) is 1.40. The molecule has 54 valence electrons. The van der Waals surface area contributed by atoms with E-state index in [1.165, 1.54) is 12.1 Å². The Balaban J connectivity index is 2.96. The normalized spacial score (nSPS) is 13.0. The highest BCUT2D eigenvalue weighted by Gasteiger charge is 2.01. The zero-order valence-electron chi connectivity index (χ0n) is 5.16. The van der Waals surface area contributed by atoms with Crippen molar-refractivity contribution in [3.8, 4) is 5.75 Å². The van der Waals surface area contributed by atoms with Gasteiger partial charge in [0, 0.05) is 0 Å². The van der Waals surface area contributed by atoms with Crippen LogP contribution in [0.2, 0.25) is 0 Å². The van der Waals surface area contributed by atoms with Gasteiger partial charge in [-0.25, -0.2) is 0 Å². The number of phenolic OH excluding ortho intramolecular Hbond substituents is 1. The molecular formula is C7H7ClO2. The fourth-order valence-electron chi connectivity index (χ4n) is 0.673. The summed E-state index contributed by atoms with van der Waals surface area (Å²) >= 11 is 5.32. The molecule has 0 amide bonds. The number of phenols is 1. The van der Waals surface area contributed by atoms with Gasteiger partial charge in [-0.15, -0.1) is 0 Å². The van der Waals surface area contributed by atoms with Gasteiger partial charge < -0.3 is 10.2 Å². The molecule has 2 N–H and O–H groups in total. The van der Waals surface area contributed by atoms with Crippen LogP contribution in [0.25, 0.3) is 0 Å². The van der Waals surface area contributed by atoms with Gasteiger partial charge in [0.25, 0.3) is 0 Å². The van der Waals surface area contributed by atoms with Crippen LogP contribution < -0.4 is 0 Å². The first kappa shape index (κ1) is 7.38. The minimum atomic E-state index is -1.04. The number of aliphatic hydroxyl groups excluding tert-OH is 1. The Morgan fingerprint density at radius 2 is 2.10 bits per heavy atom. The number of aliphatic hydroxyl groups is 1. The summed E-state index contributed by atoms with van der Waals surface area (Å²) in [5, 5.41) is 17.7. The van der Waals surface area contributed by atoms with E-state index in [-0.39, 0.29) is 5.75 Å². The molecule has 0 saturated heterocycles. The molecule has 1 unspecified atom stereocenters. The second-order valence-electron chi connectivity index (χ2n) is 1.93. The van der Waals surface area contributed by atoms with Crippen LogP contribution in [0.1, 0.15) is 11.1 Å². The SMILES string of the molecule is Oc1cccc(C(O)Cl)c1. The Hall–Kier alpha value is -0.730. The number of hydrogen-bond donors (Lipinski definition) is 2. The molecule has 1 aromatic carbocycles. The van der Waals surface area contributed by atoms with E-state index < -0.39 is 5.56 Å². The van der Waals surface area contributed by atoms with Crippen molar-refractivity contribution in [3.05, 3.63) is 29.8 Å². The first-order chi connectivity index (χ1) is 4.70. The van der Waals surface area contributed by atoms with Crippen LogP contribution in [0.4, 0.5) is 0 Å². The minimum Gasteiger partial charge on any atom is -0.508 e. The molecule has 10 heavy (non-hydrogen) atoms. The lowest BCUT2D eigenvalue weighted by atomic mass is 10.2. The molecule has 0 fully saturated rings. The highest BCUT2D eigenvalue weighted by atomic mass is 35.5. The zero-order valence-corrected chi connectivity index (χ0v) is 5.92. The van der Waals surface area contributed by atoms with E-state index in [0.29, 0.717) is 5.56 Å². The standard InChI is InChI=1S/C7H7ClO2/c8-7(10)5-2-1-3-6(9)4-5/h1-4,7,9-10H. The lowest BCUT2D eigenvalue weighted by Gasteiger charge is -2.00. The van der Waals surface area contributed by atoms with Crippen molar-refractivity contribution in [1.29, 1.82) is 0 Å². The molecular weight excluding hydrogens is 152 g/mol. The Morgan fingerprint density at radius 1 is 1.40 bits per heavy atom. The van der Waals surface area contributed by atoms with Crippen LogP contribution in [0, 0.1) is 0 Å². The molecule has 1 rings (SSSR count). The third-order valence-electron chi connectivity index (χ3n) is 1.15. The van der Waals surface area contributed by atoms with Crippen molar-refractivity contribution < 1.29 is 10.2 Å². The quantitative estimate of drug-likeness (QED) is 0.610. The Bertz CT molecular complexity index is 223. The van der Waals surface area contributed by atoms with Gasteiger partial charge in [0.2, 0.25) is 0 Å². The van der Waals surface area contributed by atoms with Crippen LogP contribution in [0.15, 0.2) is 24.3 Å². The minimum absolute atomic E-state index is 0.109. The van der Waals surface area contributed by atoms with Gasteiger partial charge in [-0.05, 0) is 17.7 Å². The predicted molar refractivity (Wildman–Crippen MR) is 38.9 cm³/mol. The van der Waals surface area contributed by atoms with Crippen molar-refractivity contribution in [2.45, 2.75) is 5.56 Å². The van der Waals surface area contributed by atoms with Crippen molar-refractivity contribution in [2.24, 2.45) is 0 Å². The van der Waals surface area contributed by atoms with Crippen molar-refractivity contribution in [2.75, 3.05) is 0 Å². The smallest absolute Gasteiger partial charge is 0.153 e. The number of alkyl halides is 1. The lowest BCUT2D eigenvalue weighted by molar-refractivity contribution is 0.262. The summed E-state index contributed by atoms with van der Waals surface area (Å²) in [6.07, 6.45) is 0. The van der Waals surface area contributed by atoms with E-state index in [1.807, 2.05) is 0 Å².